The fraction of sp³-hybridized carbons (Fsp3) is 0.286. The molecule has 28 heavy (non-hydrogen) atoms. The summed E-state index contributed by atoms with van der Waals surface area (Å²) < 4.78 is 18.5. The highest BCUT2D eigenvalue weighted by atomic mass is 19.1. The van der Waals surface area contributed by atoms with Gasteiger partial charge in [0.25, 0.3) is 0 Å². The first-order valence-electron chi connectivity index (χ1n) is 9.26. The lowest BCUT2D eigenvalue weighted by atomic mass is 10.1. The van der Waals surface area contributed by atoms with E-state index in [0.29, 0.717) is 23.8 Å². The summed E-state index contributed by atoms with van der Waals surface area (Å²) in [6, 6.07) is 11.4. The molecule has 3 aromatic rings. The Morgan fingerprint density at radius 1 is 1.18 bits per heavy atom. The average molecular weight is 380 g/mol. The summed E-state index contributed by atoms with van der Waals surface area (Å²) in [5.41, 5.74) is 3.53. The zero-order chi connectivity index (χ0) is 19.7. The number of rotatable bonds is 3. The first-order valence-corrected chi connectivity index (χ1v) is 9.26. The van der Waals surface area contributed by atoms with E-state index in [0.717, 1.165) is 29.7 Å². The van der Waals surface area contributed by atoms with Gasteiger partial charge in [0.2, 0.25) is 11.7 Å². The number of aryl methyl sites for hydroxylation is 2. The van der Waals surface area contributed by atoms with Gasteiger partial charge in [0.05, 0.1) is 0 Å². The minimum atomic E-state index is -0.322. The molecule has 0 spiro atoms. The van der Waals surface area contributed by atoms with E-state index in [1.165, 1.54) is 12.1 Å². The van der Waals surface area contributed by atoms with Gasteiger partial charge in [0.15, 0.2) is 0 Å². The van der Waals surface area contributed by atoms with Gasteiger partial charge in [-0.15, -0.1) is 0 Å². The summed E-state index contributed by atoms with van der Waals surface area (Å²) in [7, 11) is 0. The lowest BCUT2D eigenvalue weighted by Crippen LogP contribution is -2.35. The molecule has 1 unspecified atom stereocenters. The summed E-state index contributed by atoms with van der Waals surface area (Å²) in [5.74, 6) is 0.461. The second-order valence-corrected chi connectivity index (χ2v) is 7.01. The zero-order valence-corrected chi connectivity index (χ0v) is 15.8. The summed E-state index contributed by atoms with van der Waals surface area (Å²) in [5, 5.41) is 7.02. The van der Waals surface area contributed by atoms with Crippen molar-refractivity contribution in [3.05, 3.63) is 65.3 Å². The second kappa shape index (κ2) is 7.42. The number of anilines is 1. The zero-order valence-electron chi connectivity index (χ0n) is 15.8. The number of para-hydroxylation sites is 1. The Morgan fingerprint density at radius 3 is 2.61 bits per heavy atom. The van der Waals surface area contributed by atoms with Crippen LogP contribution in [0.15, 0.2) is 47.0 Å². The standard InChI is InChI=1S/C21H21FN4O2/c1-13-5-3-6-14(2)18(13)23-21(27)26-12-4-7-17(26)20-24-19(25-28-20)15-8-10-16(22)11-9-15/h3,5-6,8-11,17H,4,7,12H2,1-2H3,(H,23,27). The van der Waals surface area contributed by atoms with Crippen LogP contribution in [0.1, 0.15) is 35.9 Å². The predicted octanol–water partition coefficient (Wildman–Crippen LogP) is 4.86. The molecule has 1 fully saturated rings. The Labute approximate surface area is 162 Å². The number of benzene rings is 2. The molecule has 0 saturated carbocycles. The largest absolute Gasteiger partial charge is 0.337 e. The van der Waals surface area contributed by atoms with Crippen LogP contribution in [0.4, 0.5) is 14.9 Å². The molecule has 0 aliphatic carbocycles. The molecule has 0 radical (unpaired) electrons. The lowest BCUT2D eigenvalue weighted by Gasteiger charge is -2.23. The number of hydrogen-bond donors (Lipinski definition) is 1. The first kappa shape index (κ1) is 18.2. The average Bonchev–Trinajstić information content (AvgIpc) is 3.34. The van der Waals surface area contributed by atoms with Crippen LogP contribution < -0.4 is 5.32 Å². The molecule has 2 heterocycles. The third-order valence-corrected chi connectivity index (χ3v) is 5.06. The van der Waals surface area contributed by atoms with Gasteiger partial charge in [-0.25, -0.2) is 9.18 Å². The highest BCUT2D eigenvalue weighted by Gasteiger charge is 2.34. The maximum atomic E-state index is 13.1. The lowest BCUT2D eigenvalue weighted by molar-refractivity contribution is 0.193. The molecular formula is C21H21FN4O2. The molecule has 1 aliphatic heterocycles. The Hall–Kier alpha value is -3.22. The molecule has 144 valence electrons. The van der Waals surface area contributed by atoms with E-state index in [-0.39, 0.29) is 17.9 Å². The maximum Gasteiger partial charge on any atom is 0.322 e. The van der Waals surface area contributed by atoms with Gasteiger partial charge in [-0.05, 0) is 62.1 Å². The van der Waals surface area contributed by atoms with Crippen LogP contribution >= 0.6 is 0 Å². The minimum absolute atomic E-state index is 0.179. The summed E-state index contributed by atoms with van der Waals surface area (Å²) in [6.45, 7) is 4.56. The summed E-state index contributed by atoms with van der Waals surface area (Å²) >= 11 is 0. The van der Waals surface area contributed by atoms with Gasteiger partial charge in [0.1, 0.15) is 11.9 Å². The minimum Gasteiger partial charge on any atom is -0.337 e. The highest BCUT2D eigenvalue weighted by Crippen LogP contribution is 2.33. The van der Waals surface area contributed by atoms with Crippen molar-refractivity contribution in [2.45, 2.75) is 32.7 Å². The van der Waals surface area contributed by atoms with E-state index in [4.69, 9.17) is 4.52 Å². The van der Waals surface area contributed by atoms with Crippen LogP contribution in [0.2, 0.25) is 0 Å². The van der Waals surface area contributed by atoms with Crippen molar-refractivity contribution in [2.24, 2.45) is 0 Å². The third-order valence-electron chi connectivity index (χ3n) is 5.06. The Balaban J connectivity index is 1.54. The predicted molar refractivity (Wildman–Crippen MR) is 103 cm³/mol. The van der Waals surface area contributed by atoms with E-state index in [1.54, 1.807) is 17.0 Å². The summed E-state index contributed by atoms with van der Waals surface area (Å²) in [4.78, 5) is 19.1. The molecule has 4 rings (SSSR count). The van der Waals surface area contributed by atoms with Crippen molar-refractivity contribution < 1.29 is 13.7 Å². The van der Waals surface area contributed by atoms with Crippen LogP contribution in [-0.2, 0) is 0 Å². The van der Waals surface area contributed by atoms with Crippen LogP contribution in [0.25, 0.3) is 11.4 Å². The number of nitrogens with one attached hydrogen (secondary N) is 1. The number of amides is 2. The van der Waals surface area contributed by atoms with Crippen molar-refractivity contribution in [2.75, 3.05) is 11.9 Å². The van der Waals surface area contributed by atoms with Gasteiger partial charge in [0, 0.05) is 17.8 Å². The van der Waals surface area contributed by atoms with Gasteiger partial charge in [-0.3, -0.25) is 0 Å². The molecule has 0 bridgehead atoms. The first-order chi connectivity index (χ1) is 13.5. The van der Waals surface area contributed by atoms with Crippen LogP contribution in [0.5, 0.6) is 0 Å². The third kappa shape index (κ3) is 3.47. The number of aromatic nitrogens is 2. The molecule has 2 aromatic carbocycles. The molecule has 1 aliphatic rings. The van der Waals surface area contributed by atoms with Crippen molar-refractivity contribution in [3.63, 3.8) is 0 Å². The topological polar surface area (TPSA) is 71.3 Å². The molecular weight excluding hydrogens is 359 g/mol. The molecule has 1 atom stereocenters. The van der Waals surface area contributed by atoms with E-state index < -0.39 is 0 Å². The number of nitrogens with zero attached hydrogens (tertiary/aromatic N) is 3. The smallest absolute Gasteiger partial charge is 0.322 e. The number of carbonyl (C=O) groups is 1. The van der Waals surface area contributed by atoms with Gasteiger partial charge in [-0.2, -0.15) is 4.98 Å². The van der Waals surface area contributed by atoms with Crippen molar-refractivity contribution in [3.8, 4) is 11.4 Å². The number of likely N-dealkylation sites (tertiary alicyclic amines) is 1. The SMILES string of the molecule is Cc1cccc(C)c1NC(=O)N1CCCC1c1nc(-c2ccc(F)cc2)no1. The maximum absolute atomic E-state index is 13.1. The second-order valence-electron chi connectivity index (χ2n) is 7.01. The summed E-state index contributed by atoms with van der Waals surface area (Å²) in [6.07, 6.45) is 1.62. The highest BCUT2D eigenvalue weighted by molar-refractivity contribution is 5.91. The Kier molecular flexibility index (Phi) is 4.81. The number of urea groups is 1. The van der Waals surface area contributed by atoms with E-state index in [2.05, 4.69) is 15.5 Å². The van der Waals surface area contributed by atoms with E-state index in [1.807, 2.05) is 32.0 Å². The number of hydrogen-bond acceptors (Lipinski definition) is 4. The van der Waals surface area contributed by atoms with Crippen molar-refractivity contribution in [1.82, 2.24) is 15.0 Å². The normalized spacial score (nSPS) is 16.4. The fourth-order valence-corrected chi connectivity index (χ4v) is 3.54. The van der Waals surface area contributed by atoms with Crippen molar-refractivity contribution >= 4 is 11.7 Å². The monoisotopic (exact) mass is 380 g/mol. The van der Waals surface area contributed by atoms with Crippen LogP contribution in [-0.4, -0.2) is 27.6 Å². The molecule has 1 N–H and O–H groups in total. The van der Waals surface area contributed by atoms with Gasteiger partial charge >= 0.3 is 6.03 Å². The van der Waals surface area contributed by atoms with Gasteiger partial charge in [-0.1, -0.05) is 23.4 Å². The van der Waals surface area contributed by atoms with E-state index in [9.17, 15) is 9.18 Å². The Bertz CT molecular complexity index is 980. The number of carbonyl (C=O) groups excluding carboxylic acids is 1. The van der Waals surface area contributed by atoms with Gasteiger partial charge < -0.3 is 14.7 Å². The van der Waals surface area contributed by atoms with E-state index >= 15 is 0 Å². The molecule has 1 aromatic heterocycles. The number of halogens is 1. The van der Waals surface area contributed by atoms with Crippen LogP contribution in [0.3, 0.4) is 0 Å². The fourth-order valence-electron chi connectivity index (χ4n) is 3.54. The van der Waals surface area contributed by atoms with Crippen molar-refractivity contribution in [1.29, 1.82) is 0 Å². The molecule has 1 saturated heterocycles. The quantitative estimate of drug-likeness (QED) is 0.704. The van der Waals surface area contributed by atoms with Crippen LogP contribution in [0, 0.1) is 19.7 Å². The molecule has 2 amide bonds. The molecule has 6 nitrogen and oxygen atoms in total. The Morgan fingerprint density at radius 2 is 1.89 bits per heavy atom. The molecule has 7 heteroatoms.